The molecule has 0 radical (unpaired) electrons. The molecule has 11 heteroatoms. The average molecular weight is 556 g/mol. The smallest absolute Gasteiger partial charge is 0.254 e. The minimum Gasteiger partial charge on any atom is -0.394 e. The molecule has 1 aromatic heterocycles. The summed E-state index contributed by atoms with van der Waals surface area (Å²) in [4.78, 5) is 33.6. The molecule has 0 saturated heterocycles. The number of ether oxygens (including phenoxy) is 1. The van der Waals surface area contributed by atoms with E-state index in [4.69, 9.17) is 27.1 Å². The number of aromatic nitrogens is 2. The van der Waals surface area contributed by atoms with Crippen LogP contribution < -0.4 is 16.4 Å². The molecular weight excluding hydrogens is 525 g/mol. The van der Waals surface area contributed by atoms with Crippen LogP contribution in [0, 0.1) is 5.82 Å². The molecule has 3 aromatic rings. The number of nitrogens with two attached hydrogens (primary N) is 1. The van der Waals surface area contributed by atoms with Gasteiger partial charge in [0.15, 0.2) is 0 Å². The first-order valence-electron chi connectivity index (χ1n) is 12.7. The summed E-state index contributed by atoms with van der Waals surface area (Å²) in [5, 5.41) is 15.8. The lowest BCUT2D eigenvalue weighted by Gasteiger charge is -2.28. The van der Waals surface area contributed by atoms with Crippen molar-refractivity contribution in [1.29, 1.82) is 0 Å². The summed E-state index contributed by atoms with van der Waals surface area (Å²) < 4.78 is 20.0. The van der Waals surface area contributed by atoms with Crippen LogP contribution in [0.5, 0.6) is 0 Å². The largest absolute Gasteiger partial charge is 0.394 e. The third-order valence-electron chi connectivity index (χ3n) is 6.83. The number of halogens is 2. The number of benzene rings is 2. The van der Waals surface area contributed by atoms with Gasteiger partial charge >= 0.3 is 0 Å². The molecule has 1 aliphatic carbocycles. The van der Waals surface area contributed by atoms with Gasteiger partial charge in [-0.3, -0.25) is 9.59 Å². The molecule has 1 saturated carbocycles. The quantitative estimate of drug-likeness (QED) is 0.315. The second-order valence-electron chi connectivity index (χ2n) is 9.54. The Bertz CT molecular complexity index is 1330. The zero-order valence-corrected chi connectivity index (χ0v) is 22.2. The molecule has 1 aliphatic rings. The minimum absolute atomic E-state index is 0.0354. The Kier molecular flexibility index (Phi) is 9.45. The summed E-state index contributed by atoms with van der Waals surface area (Å²) >= 11 is 6.01. The van der Waals surface area contributed by atoms with Crippen LogP contribution in [-0.4, -0.2) is 53.3 Å². The molecule has 39 heavy (non-hydrogen) atoms. The van der Waals surface area contributed by atoms with Crippen molar-refractivity contribution in [2.75, 3.05) is 26.1 Å². The summed E-state index contributed by atoms with van der Waals surface area (Å²) in [5.74, 6) is -1.29. The van der Waals surface area contributed by atoms with Gasteiger partial charge in [0.05, 0.1) is 30.1 Å². The second-order valence-corrected chi connectivity index (χ2v) is 9.97. The van der Waals surface area contributed by atoms with E-state index in [0.29, 0.717) is 21.8 Å². The third-order valence-corrected chi connectivity index (χ3v) is 7.07. The standard InChI is InChI=1S/C28H31ClFN5O4/c1-39-15-25(37)33-20-8-5-16(6-9-20)23-13-32-27(31)26(34-23)18-7-10-21(22(30)12-18)28(38)35-24(14-36)17-3-2-4-19(29)11-17/h2-4,7,10-13,16,20,24,36H,5-6,8-9,14-15H2,1H3,(H2,31,32)(H,33,37)(H,35,38)/t16?,20?,24-/m1/s1. The molecule has 9 nitrogen and oxygen atoms in total. The molecule has 0 spiro atoms. The summed E-state index contributed by atoms with van der Waals surface area (Å²) in [6, 6.07) is 10.2. The fourth-order valence-corrected chi connectivity index (χ4v) is 4.99. The van der Waals surface area contributed by atoms with Gasteiger partial charge in [-0.05, 0) is 55.5 Å². The van der Waals surface area contributed by atoms with Crippen molar-refractivity contribution in [2.24, 2.45) is 0 Å². The van der Waals surface area contributed by atoms with Crippen molar-refractivity contribution in [1.82, 2.24) is 20.6 Å². The van der Waals surface area contributed by atoms with Gasteiger partial charge in [-0.1, -0.05) is 29.8 Å². The number of anilines is 1. The number of hydrogen-bond donors (Lipinski definition) is 4. The minimum atomic E-state index is -0.758. The number of carbonyl (C=O) groups is 2. The Hall–Kier alpha value is -3.60. The van der Waals surface area contributed by atoms with Crippen molar-refractivity contribution >= 4 is 29.2 Å². The number of rotatable bonds is 9. The van der Waals surface area contributed by atoms with Crippen LogP contribution in [-0.2, 0) is 9.53 Å². The van der Waals surface area contributed by atoms with Crippen LogP contribution >= 0.6 is 11.6 Å². The maximum absolute atomic E-state index is 15.1. The van der Waals surface area contributed by atoms with Gasteiger partial charge in [0.1, 0.15) is 23.9 Å². The summed E-state index contributed by atoms with van der Waals surface area (Å²) in [5.41, 5.74) is 7.98. The molecule has 0 unspecified atom stereocenters. The molecular formula is C28H31ClFN5O4. The molecule has 0 bridgehead atoms. The van der Waals surface area contributed by atoms with Crippen LogP contribution in [0.25, 0.3) is 11.3 Å². The molecule has 1 heterocycles. The highest BCUT2D eigenvalue weighted by Gasteiger charge is 2.26. The highest BCUT2D eigenvalue weighted by molar-refractivity contribution is 6.30. The Morgan fingerprint density at radius 3 is 2.64 bits per heavy atom. The summed E-state index contributed by atoms with van der Waals surface area (Å²) in [6.07, 6.45) is 4.84. The number of methoxy groups -OCH3 is 1. The Labute approximate surface area is 230 Å². The fourth-order valence-electron chi connectivity index (χ4n) is 4.80. The van der Waals surface area contributed by atoms with Crippen molar-refractivity contribution in [2.45, 2.75) is 43.7 Å². The second kappa shape index (κ2) is 13.0. The van der Waals surface area contributed by atoms with Crippen LogP contribution in [0.1, 0.15) is 59.3 Å². The molecule has 1 atom stereocenters. The predicted molar refractivity (Wildman–Crippen MR) is 146 cm³/mol. The van der Waals surface area contributed by atoms with Crippen molar-refractivity contribution < 1.29 is 23.8 Å². The van der Waals surface area contributed by atoms with Crippen LogP contribution in [0.4, 0.5) is 10.2 Å². The lowest BCUT2D eigenvalue weighted by Crippen LogP contribution is -2.39. The summed E-state index contributed by atoms with van der Waals surface area (Å²) in [7, 11) is 1.48. The molecule has 2 aromatic carbocycles. The number of carbonyl (C=O) groups excluding carboxylic acids is 2. The summed E-state index contributed by atoms with van der Waals surface area (Å²) in [6.45, 7) is -0.347. The van der Waals surface area contributed by atoms with Crippen molar-refractivity contribution in [3.63, 3.8) is 0 Å². The van der Waals surface area contributed by atoms with Gasteiger partial charge in [0.25, 0.3) is 5.91 Å². The monoisotopic (exact) mass is 555 g/mol. The maximum atomic E-state index is 15.1. The first-order chi connectivity index (χ1) is 18.8. The van der Waals surface area contributed by atoms with Gasteiger partial charge in [0.2, 0.25) is 5.91 Å². The molecule has 5 N–H and O–H groups in total. The highest BCUT2D eigenvalue weighted by atomic mass is 35.5. The van der Waals surface area contributed by atoms with Gasteiger partial charge in [-0.15, -0.1) is 0 Å². The van der Waals surface area contributed by atoms with E-state index >= 15 is 4.39 Å². The molecule has 1 fully saturated rings. The van der Waals surface area contributed by atoms with Crippen molar-refractivity contribution in [3.05, 3.63) is 76.3 Å². The molecule has 4 rings (SSSR count). The predicted octanol–water partition coefficient (Wildman–Crippen LogP) is 3.77. The first-order valence-corrected chi connectivity index (χ1v) is 13.0. The average Bonchev–Trinajstić information content (AvgIpc) is 2.92. The number of nitrogens with one attached hydrogen (secondary N) is 2. The molecule has 2 amide bonds. The van der Waals surface area contributed by atoms with Crippen molar-refractivity contribution in [3.8, 4) is 11.3 Å². The van der Waals surface area contributed by atoms with Gasteiger partial charge in [0, 0.05) is 29.7 Å². The zero-order valence-electron chi connectivity index (χ0n) is 21.5. The SMILES string of the molecule is COCC(=O)NC1CCC(c2cnc(N)c(-c3ccc(C(=O)N[C@H](CO)c4cccc(Cl)c4)c(F)c3)n2)CC1. The third kappa shape index (κ3) is 7.08. The van der Waals surface area contributed by atoms with Gasteiger partial charge < -0.3 is 26.2 Å². The van der Waals surface area contributed by atoms with E-state index in [1.54, 1.807) is 36.5 Å². The fraction of sp³-hybridized carbons (Fsp3) is 0.357. The number of nitrogens with zero attached hydrogens (tertiary/aromatic N) is 2. The zero-order chi connectivity index (χ0) is 27.9. The topological polar surface area (TPSA) is 139 Å². The number of amides is 2. The van der Waals surface area contributed by atoms with Crippen LogP contribution in [0.15, 0.2) is 48.7 Å². The lowest BCUT2D eigenvalue weighted by molar-refractivity contribution is -0.125. The number of aliphatic hydroxyl groups is 1. The molecule has 206 valence electrons. The lowest BCUT2D eigenvalue weighted by atomic mass is 9.84. The van der Waals surface area contributed by atoms with Gasteiger partial charge in [-0.25, -0.2) is 14.4 Å². The number of aliphatic hydroxyl groups excluding tert-OH is 1. The van der Waals surface area contributed by atoms with E-state index in [2.05, 4.69) is 15.6 Å². The van der Waals surface area contributed by atoms with Crippen LogP contribution in [0.3, 0.4) is 0 Å². The van der Waals surface area contributed by atoms with E-state index in [-0.39, 0.29) is 42.5 Å². The van der Waals surface area contributed by atoms with Crippen LogP contribution in [0.2, 0.25) is 5.02 Å². The highest BCUT2D eigenvalue weighted by Crippen LogP contribution is 2.34. The Morgan fingerprint density at radius 2 is 1.97 bits per heavy atom. The van der Waals surface area contributed by atoms with E-state index < -0.39 is 17.8 Å². The molecule has 0 aliphatic heterocycles. The van der Waals surface area contributed by atoms with E-state index in [1.165, 1.54) is 19.2 Å². The van der Waals surface area contributed by atoms with E-state index in [1.807, 2.05) is 0 Å². The maximum Gasteiger partial charge on any atom is 0.254 e. The first kappa shape index (κ1) is 28.4. The number of nitrogen functional groups attached to an aromatic ring is 1. The van der Waals surface area contributed by atoms with Gasteiger partial charge in [-0.2, -0.15) is 0 Å². The number of hydrogen-bond acceptors (Lipinski definition) is 7. The van der Waals surface area contributed by atoms with E-state index in [0.717, 1.165) is 31.4 Å². The Balaban J connectivity index is 1.46. The Morgan fingerprint density at radius 1 is 1.21 bits per heavy atom. The van der Waals surface area contributed by atoms with E-state index in [9.17, 15) is 14.7 Å². The normalized spacial score (nSPS) is 17.8.